The van der Waals surface area contributed by atoms with Gasteiger partial charge in [-0.1, -0.05) is 12.1 Å². The average Bonchev–Trinajstić information content (AvgIpc) is 2.15. The topological polar surface area (TPSA) is 57.5 Å². The Hall–Kier alpha value is -1.68. The predicted octanol–water partition coefficient (Wildman–Crippen LogP) is 1.42. The molecule has 0 atom stereocenters. The molecule has 14 heavy (non-hydrogen) atoms. The van der Waals surface area contributed by atoms with E-state index >= 15 is 0 Å². The molecular formula is C10H9FO3. The summed E-state index contributed by atoms with van der Waals surface area (Å²) in [5.74, 6) is -1.63. The SMILES string of the molecule is O=C(O)/C=C/c1ccc(CO)c(F)c1. The van der Waals surface area contributed by atoms with Crippen molar-refractivity contribution >= 4 is 12.0 Å². The van der Waals surface area contributed by atoms with Crippen LogP contribution >= 0.6 is 0 Å². The fourth-order valence-electron chi connectivity index (χ4n) is 0.963. The number of rotatable bonds is 3. The zero-order valence-corrected chi connectivity index (χ0v) is 7.27. The summed E-state index contributed by atoms with van der Waals surface area (Å²) >= 11 is 0. The van der Waals surface area contributed by atoms with Gasteiger partial charge in [0.15, 0.2) is 0 Å². The lowest BCUT2D eigenvalue weighted by molar-refractivity contribution is -0.131. The van der Waals surface area contributed by atoms with E-state index in [0.29, 0.717) is 5.56 Å². The second-order valence-electron chi connectivity index (χ2n) is 2.68. The highest BCUT2D eigenvalue weighted by atomic mass is 19.1. The molecule has 0 aliphatic rings. The standard InChI is InChI=1S/C10H9FO3/c11-9-5-7(2-4-10(13)14)1-3-8(9)6-12/h1-5,12H,6H2,(H,13,14)/b4-2+. The molecule has 0 amide bonds. The lowest BCUT2D eigenvalue weighted by atomic mass is 10.1. The minimum Gasteiger partial charge on any atom is -0.478 e. The van der Waals surface area contributed by atoms with Gasteiger partial charge in [-0.3, -0.25) is 0 Å². The summed E-state index contributed by atoms with van der Waals surface area (Å²) in [5.41, 5.74) is 0.638. The number of halogens is 1. The minimum atomic E-state index is -1.09. The van der Waals surface area contributed by atoms with Gasteiger partial charge in [0.2, 0.25) is 0 Å². The highest BCUT2D eigenvalue weighted by Gasteiger charge is 2.00. The van der Waals surface area contributed by atoms with Gasteiger partial charge in [0, 0.05) is 11.6 Å². The van der Waals surface area contributed by atoms with E-state index in [1.807, 2.05) is 0 Å². The molecule has 0 aliphatic heterocycles. The molecular weight excluding hydrogens is 187 g/mol. The Kier molecular flexibility index (Phi) is 3.36. The van der Waals surface area contributed by atoms with Crippen LogP contribution in [-0.4, -0.2) is 16.2 Å². The van der Waals surface area contributed by atoms with E-state index in [1.165, 1.54) is 24.3 Å². The molecule has 3 nitrogen and oxygen atoms in total. The zero-order valence-electron chi connectivity index (χ0n) is 7.27. The zero-order chi connectivity index (χ0) is 10.6. The smallest absolute Gasteiger partial charge is 0.328 e. The molecule has 2 N–H and O–H groups in total. The van der Waals surface area contributed by atoms with Crippen LogP contribution in [-0.2, 0) is 11.4 Å². The van der Waals surface area contributed by atoms with Crippen molar-refractivity contribution in [2.24, 2.45) is 0 Å². The van der Waals surface area contributed by atoms with E-state index in [1.54, 1.807) is 0 Å². The lowest BCUT2D eigenvalue weighted by Crippen LogP contribution is -1.90. The van der Waals surface area contributed by atoms with E-state index < -0.39 is 11.8 Å². The van der Waals surface area contributed by atoms with E-state index in [9.17, 15) is 9.18 Å². The van der Waals surface area contributed by atoms with Gasteiger partial charge in [0.05, 0.1) is 6.61 Å². The molecule has 0 bridgehead atoms. The first-order valence-electron chi connectivity index (χ1n) is 3.94. The molecule has 0 saturated carbocycles. The van der Waals surface area contributed by atoms with Gasteiger partial charge in [-0.05, 0) is 17.7 Å². The van der Waals surface area contributed by atoms with Gasteiger partial charge >= 0.3 is 5.97 Å². The maximum atomic E-state index is 13.0. The summed E-state index contributed by atoms with van der Waals surface area (Å²) in [6.45, 7) is -0.366. The third kappa shape index (κ3) is 2.67. The Bertz CT molecular complexity index is 372. The third-order valence-corrected chi connectivity index (χ3v) is 1.67. The third-order valence-electron chi connectivity index (χ3n) is 1.67. The van der Waals surface area contributed by atoms with Crippen molar-refractivity contribution in [2.75, 3.05) is 0 Å². The Balaban J connectivity index is 2.91. The summed E-state index contributed by atoms with van der Waals surface area (Å²) in [4.78, 5) is 10.2. The maximum absolute atomic E-state index is 13.0. The monoisotopic (exact) mass is 196 g/mol. The van der Waals surface area contributed by atoms with Crippen molar-refractivity contribution < 1.29 is 19.4 Å². The summed E-state index contributed by atoms with van der Waals surface area (Å²) in [6, 6.07) is 4.12. The number of aliphatic carboxylic acids is 1. The van der Waals surface area contributed by atoms with Crippen molar-refractivity contribution in [2.45, 2.75) is 6.61 Å². The molecule has 4 heteroatoms. The molecule has 74 valence electrons. The number of hydrogen-bond acceptors (Lipinski definition) is 2. The fourth-order valence-corrected chi connectivity index (χ4v) is 0.963. The lowest BCUT2D eigenvalue weighted by Gasteiger charge is -1.99. The molecule has 1 aromatic carbocycles. The quantitative estimate of drug-likeness (QED) is 0.719. The predicted molar refractivity (Wildman–Crippen MR) is 49.0 cm³/mol. The first kappa shape index (κ1) is 10.4. The normalized spacial score (nSPS) is 10.7. The van der Waals surface area contributed by atoms with Crippen LogP contribution in [0.1, 0.15) is 11.1 Å². The minimum absolute atomic E-state index is 0.192. The van der Waals surface area contributed by atoms with Crippen molar-refractivity contribution in [1.82, 2.24) is 0 Å². The van der Waals surface area contributed by atoms with Crippen LogP contribution < -0.4 is 0 Å². The van der Waals surface area contributed by atoms with Gasteiger partial charge < -0.3 is 10.2 Å². The summed E-state index contributed by atoms with van der Waals surface area (Å²) < 4.78 is 13.0. The van der Waals surface area contributed by atoms with Crippen LogP contribution in [0, 0.1) is 5.82 Å². The highest BCUT2D eigenvalue weighted by molar-refractivity contribution is 5.85. The number of carbonyl (C=O) groups is 1. The van der Waals surface area contributed by atoms with Crippen molar-refractivity contribution in [3.63, 3.8) is 0 Å². The number of carboxylic acids is 1. The van der Waals surface area contributed by atoms with Crippen molar-refractivity contribution in [3.05, 3.63) is 41.2 Å². The number of aliphatic hydroxyl groups excluding tert-OH is 1. The second kappa shape index (κ2) is 4.53. The summed E-state index contributed by atoms with van der Waals surface area (Å²) in [5, 5.41) is 17.0. The number of benzene rings is 1. The van der Waals surface area contributed by atoms with E-state index in [2.05, 4.69) is 0 Å². The molecule has 0 saturated heterocycles. The average molecular weight is 196 g/mol. The largest absolute Gasteiger partial charge is 0.478 e. The number of carboxylic acid groups (broad SMARTS) is 1. The summed E-state index contributed by atoms with van der Waals surface area (Å²) in [6.07, 6.45) is 2.21. The van der Waals surface area contributed by atoms with Crippen LogP contribution in [0.3, 0.4) is 0 Å². The molecule has 1 aromatic rings. The van der Waals surface area contributed by atoms with Crippen LogP contribution in [0.25, 0.3) is 6.08 Å². The molecule has 0 heterocycles. The van der Waals surface area contributed by atoms with Crippen LogP contribution in [0.5, 0.6) is 0 Å². The van der Waals surface area contributed by atoms with Crippen molar-refractivity contribution in [3.8, 4) is 0 Å². The Labute approximate surface area is 80.1 Å². The molecule has 0 fully saturated rings. The van der Waals surface area contributed by atoms with Gasteiger partial charge in [-0.25, -0.2) is 9.18 Å². The Morgan fingerprint density at radius 3 is 2.71 bits per heavy atom. The molecule has 0 aliphatic carbocycles. The molecule has 0 aromatic heterocycles. The molecule has 1 rings (SSSR count). The Morgan fingerprint density at radius 1 is 1.50 bits per heavy atom. The number of aliphatic hydroxyl groups is 1. The molecule has 0 unspecified atom stereocenters. The van der Waals surface area contributed by atoms with Crippen LogP contribution in [0.2, 0.25) is 0 Å². The second-order valence-corrected chi connectivity index (χ2v) is 2.68. The van der Waals surface area contributed by atoms with Gasteiger partial charge in [0.1, 0.15) is 5.82 Å². The highest BCUT2D eigenvalue weighted by Crippen LogP contribution is 2.11. The maximum Gasteiger partial charge on any atom is 0.328 e. The van der Waals surface area contributed by atoms with Crippen LogP contribution in [0.15, 0.2) is 24.3 Å². The van der Waals surface area contributed by atoms with E-state index in [0.717, 1.165) is 6.08 Å². The summed E-state index contributed by atoms with van der Waals surface area (Å²) in [7, 11) is 0. The first-order chi connectivity index (χ1) is 6.63. The van der Waals surface area contributed by atoms with E-state index in [-0.39, 0.29) is 12.2 Å². The first-order valence-corrected chi connectivity index (χ1v) is 3.94. The fraction of sp³-hybridized carbons (Fsp3) is 0.100. The molecule has 0 spiro atoms. The van der Waals surface area contributed by atoms with Gasteiger partial charge in [0.25, 0.3) is 0 Å². The Morgan fingerprint density at radius 2 is 2.21 bits per heavy atom. The van der Waals surface area contributed by atoms with Gasteiger partial charge in [-0.15, -0.1) is 0 Å². The number of hydrogen-bond donors (Lipinski definition) is 2. The van der Waals surface area contributed by atoms with Gasteiger partial charge in [-0.2, -0.15) is 0 Å². The molecule has 0 radical (unpaired) electrons. The van der Waals surface area contributed by atoms with Crippen molar-refractivity contribution in [1.29, 1.82) is 0 Å². The van der Waals surface area contributed by atoms with E-state index in [4.69, 9.17) is 10.2 Å². The van der Waals surface area contributed by atoms with Crippen LogP contribution in [0.4, 0.5) is 4.39 Å².